The fourth-order valence-electron chi connectivity index (χ4n) is 4.19. The van der Waals surface area contributed by atoms with Gasteiger partial charge in [-0.15, -0.1) is 0 Å². The van der Waals surface area contributed by atoms with Gasteiger partial charge in [-0.3, -0.25) is 23.7 Å². The van der Waals surface area contributed by atoms with Crippen molar-refractivity contribution in [2.75, 3.05) is 6.61 Å². The molecule has 2 unspecified atom stereocenters. The molecule has 3 aromatic rings. The molecule has 2 heterocycles. The number of nitrogens with zero attached hydrogens (tertiary/aromatic N) is 1. The minimum atomic E-state index is -4.63. The van der Waals surface area contributed by atoms with E-state index in [-0.39, 0.29) is 24.3 Å². The maximum Gasteiger partial charge on any atom is 0.459 e. The molecule has 1 fully saturated rings. The molecule has 0 bridgehead atoms. The molecule has 0 spiro atoms. The third-order valence-electron chi connectivity index (χ3n) is 6.50. The largest absolute Gasteiger partial charge is 0.460 e. The summed E-state index contributed by atoms with van der Waals surface area (Å²) in [5.74, 6) is -1.11. The van der Waals surface area contributed by atoms with Crippen LogP contribution >= 0.6 is 23.7 Å². The Hall–Kier alpha value is -3.53. The number of H-pyrrole nitrogens is 1. The minimum Gasteiger partial charge on any atom is -0.460 e. The predicted octanol–water partition coefficient (Wildman–Crippen LogP) is 4.49. The average molecular weight is 718 g/mol. The van der Waals surface area contributed by atoms with E-state index in [4.69, 9.17) is 18.5 Å². The highest BCUT2D eigenvalue weighted by Gasteiger charge is 2.40. The van der Waals surface area contributed by atoms with E-state index >= 15 is 0 Å². The Morgan fingerprint density at radius 3 is 2.56 bits per heavy atom. The summed E-state index contributed by atoms with van der Waals surface area (Å²) < 4.78 is 76.0. The van der Waals surface area contributed by atoms with Crippen LogP contribution in [0.2, 0.25) is 0 Å². The molecule has 1 aliphatic rings. The van der Waals surface area contributed by atoms with Crippen molar-refractivity contribution < 1.29 is 46.2 Å². The molecule has 4 rings (SSSR count). The first kappa shape index (κ1) is 34.3. The van der Waals surface area contributed by atoms with Gasteiger partial charge in [0, 0.05) is 12.6 Å². The molecule has 3 N–H and O–H groups in total. The molecule has 2 aromatic carbocycles. The molecule has 0 amide bonds. The number of hydrogen-bond donors (Lipinski definition) is 3. The summed E-state index contributed by atoms with van der Waals surface area (Å²) >= 11 is 3.05. The van der Waals surface area contributed by atoms with Crippen LogP contribution in [-0.4, -0.2) is 45.5 Å². The van der Waals surface area contributed by atoms with E-state index in [0.29, 0.717) is 17.7 Å². The smallest absolute Gasteiger partial charge is 0.459 e. The molecule has 0 radical (unpaired) electrons. The first-order valence-electron chi connectivity index (χ1n) is 13.3. The number of aliphatic hydroxyl groups excluding tert-OH is 1. The number of nitrogens with one attached hydrogen (secondary N) is 2. The molecule has 0 aliphatic carbocycles. The van der Waals surface area contributed by atoms with E-state index in [2.05, 4.69) is 26.0 Å². The first-order chi connectivity index (χ1) is 21.3. The minimum absolute atomic E-state index is 0.0859. The number of esters is 1. The molecule has 45 heavy (non-hydrogen) atoms. The number of benzene rings is 2. The van der Waals surface area contributed by atoms with Crippen molar-refractivity contribution in [2.45, 2.75) is 50.6 Å². The zero-order valence-electron chi connectivity index (χ0n) is 23.5. The fourth-order valence-corrected chi connectivity index (χ4v) is 5.97. The lowest BCUT2D eigenvalue weighted by Gasteiger charge is -2.25. The Kier molecular flexibility index (Phi) is 11.2. The average Bonchev–Trinajstić information content (AvgIpc) is 3.36. The third-order valence-corrected chi connectivity index (χ3v) is 8.41. The highest BCUT2D eigenvalue weighted by atomic mass is 79.9. The van der Waals surface area contributed by atoms with Gasteiger partial charge >= 0.3 is 25.6 Å². The highest BCUT2D eigenvalue weighted by Crippen LogP contribution is 2.46. The summed E-state index contributed by atoms with van der Waals surface area (Å²) in [6, 6.07) is 10.8. The Balaban J connectivity index is 1.49. The standard InChI is InChI=1S/C28H28BrF3N3O9P/c1-17(26(38)41-15-18-5-3-2-4-6-18)34-45(40,44-21-9-7-20(8-10-21)28(30,31)32)42-16-23-22(36)13-24(43-23)35-14-19(11-12-29)25(37)33-27(35)39/h2-12,14,17,22-24,36H,13,15-16H2,1H3,(H,34,40)(H,33,37,39)/b12-11+/t17-,22?,23+,24+,45?/m0/s1. The van der Waals surface area contributed by atoms with Gasteiger partial charge < -0.3 is 19.1 Å². The number of rotatable bonds is 12. The second kappa shape index (κ2) is 14.7. The Morgan fingerprint density at radius 2 is 1.91 bits per heavy atom. The van der Waals surface area contributed by atoms with Gasteiger partial charge in [0.2, 0.25) is 0 Å². The molecule has 1 saturated heterocycles. The SMILES string of the molecule is C[C@H](NP(=O)(OC[C@H]1O[C@@H](n2cc(/C=C/Br)c(=O)[nH]c2=O)CC1O)Oc1ccc(C(F)(F)F)cc1)C(=O)OCc1ccccc1. The number of aliphatic hydroxyl groups is 1. The summed E-state index contributed by atoms with van der Waals surface area (Å²) in [7, 11) is -4.56. The van der Waals surface area contributed by atoms with Crippen molar-refractivity contribution in [3.8, 4) is 5.75 Å². The van der Waals surface area contributed by atoms with E-state index in [1.54, 1.807) is 30.3 Å². The zero-order chi connectivity index (χ0) is 32.8. The summed E-state index contributed by atoms with van der Waals surface area (Å²) in [5.41, 5.74) is -1.61. The van der Waals surface area contributed by atoms with Crippen LogP contribution in [0.3, 0.4) is 0 Å². The van der Waals surface area contributed by atoms with Crippen LogP contribution in [0.1, 0.15) is 36.3 Å². The van der Waals surface area contributed by atoms with Crippen molar-refractivity contribution in [2.24, 2.45) is 0 Å². The van der Waals surface area contributed by atoms with Gasteiger partial charge in [0.25, 0.3) is 5.56 Å². The quantitative estimate of drug-likeness (QED) is 0.180. The molecule has 5 atom stereocenters. The number of hydrogen-bond acceptors (Lipinski definition) is 9. The second-order valence-electron chi connectivity index (χ2n) is 9.83. The summed E-state index contributed by atoms with van der Waals surface area (Å²) in [5, 5.41) is 13.0. The van der Waals surface area contributed by atoms with E-state index in [1.807, 2.05) is 0 Å². The van der Waals surface area contributed by atoms with E-state index in [1.165, 1.54) is 24.2 Å². The number of aromatic amines is 1. The normalized spacial score (nSPS) is 20.5. The Morgan fingerprint density at radius 1 is 1.22 bits per heavy atom. The fraction of sp³-hybridized carbons (Fsp3) is 0.321. The lowest BCUT2D eigenvalue weighted by atomic mass is 10.2. The van der Waals surface area contributed by atoms with Gasteiger partial charge in [-0.2, -0.15) is 18.3 Å². The lowest BCUT2D eigenvalue weighted by molar-refractivity contribution is -0.146. The molecule has 1 aliphatic heterocycles. The van der Waals surface area contributed by atoms with Crippen LogP contribution in [-0.2, 0) is 36.1 Å². The van der Waals surface area contributed by atoms with Gasteiger partial charge in [0.15, 0.2) is 0 Å². The van der Waals surface area contributed by atoms with E-state index in [0.717, 1.165) is 16.7 Å². The molecule has 0 saturated carbocycles. The van der Waals surface area contributed by atoms with E-state index in [9.17, 15) is 37.2 Å². The topological polar surface area (TPSA) is 158 Å². The Bertz CT molecular complexity index is 1670. The van der Waals surface area contributed by atoms with Crippen molar-refractivity contribution in [1.29, 1.82) is 0 Å². The number of halogens is 4. The van der Waals surface area contributed by atoms with Gasteiger partial charge in [0.05, 0.1) is 23.8 Å². The van der Waals surface area contributed by atoms with E-state index < -0.39 is 67.8 Å². The zero-order valence-corrected chi connectivity index (χ0v) is 26.0. The molecule has 12 nitrogen and oxygen atoms in total. The van der Waals surface area contributed by atoms with Crippen LogP contribution in [0.5, 0.6) is 5.75 Å². The maximum atomic E-state index is 13.8. The van der Waals surface area contributed by atoms with Crippen LogP contribution in [0, 0.1) is 0 Å². The summed E-state index contributed by atoms with van der Waals surface area (Å²) in [6.45, 7) is 0.635. The van der Waals surface area contributed by atoms with Crippen LogP contribution in [0.4, 0.5) is 13.2 Å². The lowest BCUT2D eigenvalue weighted by Crippen LogP contribution is -2.36. The predicted molar refractivity (Wildman–Crippen MR) is 158 cm³/mol. The number of carbonyl (C=O) groups excluding carboxylic acids is 1. The van der Waals surface area contributed by atoms with Crippen molar-refractivity contribution in [3.63, 3.8) is 0 Å². The number of carbonyl (C=O) groups is 1. The molecule has 242 valence electrons. The number of alkyl halides is 3. The summed E-state index contributed by atoms with van der Waals surface area (Å²) in [4.78, 5) is 40.7. The van der Waals surface area contributed by atoms with Gasteiger partial charge in [-0.05, 0) is 47.8 Å². The maximum absolute atomic E-state index is 13.8. The highest BCUT2D eigenvalue weighted by molar-refractivity contribution is 9.11. The molecule has 17 heteroatoms. The van der Waals surface area contributed by atoms with Crippen molar-refractivity contribution >= 4 is 35.7 Å². The molecular formula is C28H28BrF3N3O9P. The monoisotopic (exact) mass is 717 g/mol. The van der Waals surface area contributed by atoms with Crippen LogP contribution < -0.4 is 20.9 Å². The summed E-state index contributed by atoms with van der Waals surface area (Å²) in [6.07, 6.45) is -5.56. The molecular weight excluding hydrogens is 690 g/mol. The van der Waals surface area contributed by atoms with Crippen LogP contribution in [0.15, 0.2) is 75.4 Å². The van der Waals surface area contributed by atoms with Crippen molar-refractivity contribution in [1.82, 2.24) is 14.6 Å². The number of aromatic nitrogens is 2. The molecule has 1 aromatic heterocycles. The van der Waals surface area contributed by atoms with Gasteiger partial charge in [0.1, 0.15) is 30.7 Å². The first-order valence-corrected chi connectivity index (χ1v) is 15.8. The second-order valence-corrected chi connectivity index (χ2v) is 12.0. The third kappa shape index (κ3) is 9.25. The van der Waals surface area contributed by atoms with Crippen molar-refractivity contribution in [3.05, 3.63) is 103 Å². The Labute approximate surface area is 262 Å². The number of ether oxygens (including phenoxy) is 2. The van der Waals surface area contributed by atoms with Gasteiger partial charge in [-0.1, -0.05) is 46.3 Å². The van der Waals surface area contributed by atoms with Gasteiger partial charge in [-0.25, -0.2) is 9.36 Å². The van der Waals surface area contributed by atoms with Crippen LogP contribution in [0.25, 0.3) is 6.08 Å².